The van der Waals surface area contributed by atoms with Crippen LogP contribution in [0, 0.1) is 0 Å². The number of nitrogens with one attached hydrogen (secondary N) is 1. The minimum absolute atomic E-state index is 0.258. The van der Waals surface area contributed by atoms with E-state index in [0.717, 1.165) is 6.07 Å². The van der Waals surface area contributed by atoms with Gasteiger partial charge in [-0.3, -0.25) is 4.79 Å². The summed E-state index contributed by atoms with van der Waals surface area (Å²) in [5.41, 5.74) is -1.29. The molecule has 1 heterocycles. The van der Waals surface area contributed by atoms with Crippen molar-refractivity contribution in [1.82, 2.24) is 4.98 Å². The molecule has 1 amide bonds. The Balaban J connectivity index is 2.38. The summed E-state index contributed by atoms with van der Waals surface area (Å²) in [6, 6.07) is 4.06. The van der Waals surface area contributed by atoms with E-state index in [1.165, 1.54) is 18.3 Å². The molecule has 2 rings (SSSR count). The van der Waals surface area contributed by atoms with Gasteiger partial charge in [-0.1, -0.05) is 0 Å². The topological polar surface area (TPSA) is 157 Å². The van der Waals surface area contributed by atoms with Crippen LogP contribution in [0.5, 0.6) is 11.5 Å². The highest BCUT2D eigenvalue weighted by atomic mass is 16.4. The Hall–Kier alpha value is -3.62. The lowest BCUT2D eigenvalue weighted by atomic mass is 10.1. The normalized spacial score (nSPS) is 10.1. The van der Waals surface area contributed by atoms with Crippen LogP contribution >= 0.6 is 0 Å². The molecular formula is C14H10N2O7. The van der Waals surface area contributed by atoms with Crippen molar-refractivity contribution in [1.29, 1.82) is 0 Å². The Morgan fingerprint density at radius 1 is 0.913 bits per heavy atom. The van der Waals surface area contributed by atoms with E-state index in [0.29, 0.717) is 6.07 Å². The van der Waals surface area contributed by atoms with Crippen molar-refractivity contribution in [2.45, 2.75) is 0 Å². The molecule has 0 fully saturated rings. The number of amides is 1. The third kappa shape index (κ3) is 3.18. The van der Waals surface area contributed by atoms with Crippen LogP contribution in [0.15, 0.2) is 30.5 Å². The van der Waals surface area contributed by atoms with Crippen molar-refractivity contribution >= 4 is 23.7 Å². The number of carboxylic acids is 2. The zero-order valence-corrected chi connectivity index (χ0v) is 11.3. The fourth-order valence-corrected chi connectivity index (χ4v) is 1.78. The summed E-state index contributed by atoms with van der Waals surface area (Å²) in [6.07, 6.45) is 1.26. The summed E-state index contributed by atoms with van der Waals surface area (Å²) in [6.45, 7) is 0. The van der Waals surface area contributed by atoms with Crippen molar-refractivity contribution in [2.75, 3.05) is 5.32 Å². The maximum atomic E-state index is 12.1. The van der Waals surface area contributed by atoms with Crippen LogP contribution in [0.3, 0.4) is 0 Å². The zero-order chi connectivity index (χ0) is 17.1. The third-order valence-electron chi connectivity index (χ3n) is 2.86. The second-order valence-corrected chi connectivity index (χ2v) is 4.35. The molecule has 23 heavy (non-hydrogen) atoms. The quantitative estimate of drug-likeness (QED) is 0.525. The first kappa shape index (κ1) is 15.8. The first-order valence-electron chi connectivity index (χ1n) is 6.10. The number of anilines is 1. The number of carbonyl (C=O) groups is 3. The number of nitrogens with zero attached hydrogens (tertiary/aromatic N) is 1. The SMILES string of the molecule is O=C(O)c1cc(O)c(C(=O)Nc2ncccc2C(=O)O)cc1O. The Morgan fingerprint density at radius 2 is 1.48 bits per heavy atom. The number of hydrogen-bond donors (Lipinski definition) is 5. The highest BCUT2D eigenvalue weighted by Crippen LogP contribution is 2.28. The van der Waals surface area contributed by atoms with Gasteiger partial charge in [-0.15, -0.1) is 0 Å². The number of pyridine rings is 1. The molecule has 0 aliphatic carbocycles. The largest absolute Gasteiger partial charge is 0.507 e. The number of phenolic OH excluding ortho intramolecular Hbond substituents is 1. The molecule has 1 aromatic carbocycles. The van der Waals surface area contributed by atoms with Gasteiger partial charge < -0.3 is 25.7 Å². The summed E-state index contributed by atoms with van der Waals surface area (Å²) in [4.78, 5) is 37.6. The molecule has 9 nitrogen and oxygen atoms in total. The van der Waals surface area contributed by atoms with Crippen LogP contribution in [0.1, 0.15) is 31.1 Å². The van der Waals surface area contributed by atoms with Crippen molar-refractivity contribution in [3.63, 3.8) is 0 Å². The maximum absolute atomic E-state index is 12.1. The summed E-state index contributed by atoms with van der Waals surface area (Å²) >= 11 is 0. The van der Waals surface area contributed by atoms with Gasteiger partial charge >= 0.3 is 11.9 Å². The Bertz CT molecular complexity index is 817. The lowest BCUT2D eigenvalue weighted by Crippen LogP contribution is -2.16. The van der Waals surface area contributed by atoms with E-state index >= 15 is 0 Å². The predicted octanol–water partition coefficient (Wildman–Crippen LogP) is 1.14. The summed E-state index contributed by atoms with van der Waals surface area (Å²) in [5.74, 6) is -5.43. The van der Waals surface area contributed by atoms with Gasteiger partial charge in [0.25, 0.3) is 5.91 Å². The van der Waals surface area contributed by atoms with Gasteiger partial charge in [0, 0.05) is 6.20 Å². The lowest BCUT2D eigenvalue weighted by molar-refractivity contribution is 0.0683. The van der Waals surface area contributed by atoms with Crippen molar-refractivity contribution in [3.8, 4) is 11.5 Å². The molecule has 118 valence electrons. The number of aromatic carboxylic acids is 2. The van der Waals surface area contributed by atoms with E-state index in [-0.39, 0.29) is 11.4 Å². The van der Waals surface area contributed by atoms with Crippen LogP contribution in [0.2, 0.25) is 0 Å². The molecule has 0 aliphatic heterocycles. The second kappa shape index (κ2) is 6.02. The van der Waals surface area contributed by atoms with Gasteiger partial charge in [0.15, 0.2) is 0 Å². The number of aromatic hydroxyl groups is 2. The van der Waals surface area contributed by atoms with Crippen molar-refractivity contribution in [2.24, 2.45) is 0 Å². The average molecular weight is 318 g/mol. The fraction of sp³-hybridized carbons (Fsp3) is 0. The van der Waals surface area contributed by atoms with E-state index in [1.54, 1.807) is 0 Å². The van der Waals surface area contributed by atoms with E-state index in [2.05, 4.69) is 10.3 Å². The number of carbonyl (C=O) groups excluding carboxylic acids is 1. The van der Waals surface area contributed by atoms with Crippen LogP contribution in [0.4, 0.5) is 5.82 Å². The highest BCUT2D eigenvalue weighted by molar-refractivity contribution is 6.09. The van der Waals surface area contributed by atoms with Crippen LogP contribution in [-0.2, 0) is 0 Å². The minimum atomic E-state index is -1.48. The third-order valence-corrected chi connectivity index (χ3v) is 2.86. The molecular weight excluding hydrogens is 308 g/mol. The van der Waals surface area contributed by atoms with E-state index < -0.39 is 40.5 Å². The molecule has 0 radical (unpaired) electrons. The van der Waals surface area contributed by atoms with Crippen molar-refractivity contribution < 1.29 is 34.8 Å². The number of rotatable bonds is 4. The molecule has 0 aliphatic rings. The number of phenols is 2. The lowest BCUT2D eigenvalue weighted by Gasteiger charge is -2.09. The molecule has 1 aromatic heterocycles. The van der Waals surface area contributed by atoms with Gasteiger partial charge in [0.2, 0.25) is 0 Å². The molecule has 5 N–H and O–H groups in total. The minimum Gasteiger partial charge on any atom is -0.507 e. The van der Waals surface area contributed by atoms with Crippen molar-refractivity contribution in [3.05, 3.63) is 47.2 Å². The monoisotopic (exact) mass is 318 g/mol. The molecule has 0 saturated heterocycles. The summed E-state index contributed by atoms with van der Waals surface area (Å²) < 4.78 is 0. The van der Waals surface area contributed by atoms with E-state index in [9.17, 15) is 24.6 Å². The standard InChI is InChI=1S/C14H10N2O7/c17-9-5-8(14(22)23)10(18)4-7(9)12(19)16-11-6(13(20)21)2-1-3-15-11/h1-5,17-18H,(H,20,21)(H,22,23)(H,15,16,19). The van der Waals surface area contributed by atoms with Gasteiger partial charge in [0.1, 0.15) is 28.4 Å². The first-order chi connectivity index (χ1) is 10.8. The number of aromatic nitrogens is 1. The molecule has 0 spiro atoms. The Kier molecular flexibility index (Phi) is 4.12. The smallest absolute Gasteiger partial charge is 0.339 e. The van der Waals surface area contributed by atoms with E-state index in [1.807, 2.05) is 0 Å². The fourth-order valence-electron chi connectivity index (χ4n) is 1.78. The zero-order valence-electron chi connectivity index (χ0n) is 11.3. The molecule has 9 heteroatoms. The first-order valence-corrected chi connectivity index (χ1v) is 6.10. The molecule has 0 atom stereocenters. The highest BCUT2D eigenvalue weighted by Gasteiger charge is 2.20. The van der Waals surface area contributed by atoms with Crippen LogP contribution in [0.25, 0.3) is 0 Å². The molecule has 2 aromatic rings. The number of carboxylic acid groups (broad SMARTS) is 2. The van der Waals surface area contributed by atoms with Gasteiger partial charge in [-0.05, 0) is 24.3 Å². The predicted molar refractivity (Wildman–Crippen MR) is 75.9 cm³/mol. The second-order valence-electron chi connectivity index (χ2n) is 4.35. The van der Waals surface area contributed by atoms with Gasteiger partial charge in [-0.2, -0.15) is 0 Å². The molecule has 0 bridgehead atoms. The van der Waals surface area contributed by atoms with Crippen LogP contribution < -0.4 is 5.32 Å². The number of hydrogen-bond acceptors (Lipinski definition) is 6. The van der Waals surface area contributed by atoms with E-state index in [4.69, 9.17) is 10.2 Å². The Labute approximate surface area is 128 Å². The number of benzene rings is 1. The summed E-state index contributed by atoms with van der Waals surface area (Å²) in [5, 5.41) is 39.3. The average Bonchev–Trinajstić information content (AvgIpc) is 2.49. The van der Waals surface area contributed by atoms with Gasteiger partial charge in [0.05, 0.1) is 5.56 Å². The summed E-state index contributed by atoms with van der Waals surface area (Å²) in [7, 11) is 0. The van der Waals surface area contributed by atoms with Gasteiger partial charge in [-0.25, -0.2) is 14.6 Å². The Morgan fingerprint density at radius 3 is 2.09 bits per heavy atom. The molecule has 0 unspecified atom stereocenters. The molecule has 0 saturated carbocycles. The van der Waals surface area contributed by atoms with Crippen LogP contribution in [-0.4, -0.2) is 43.3 Å². The maximum Gasteiger partial charge on any atom is 0.339 e.